The largest absolute Gasteiger partial charge is 0.320 e. The van der Waals surface area contributed by atoms with Crippen LogP contribution in [-0.2, 0) is 0 Å². The van der Waals surface area contributed by atoms with E-state index in [1.807, 2.05) is 25.1 Å². The molecule has 2 N–H and O–H groups in total. The van der Waals surface area contributed by atoms with E-state index >= 15 is 0 Å². The van der Waals surface area contributed by atoms with Gasteiger partial charge in [-0.2, -0.15) is 0 Å². The molecule has 1 nitrogen and oxygen atoms in total. The first-order valence-electron chi connectivity index (χ1n) is 5.57. The van der Waals surface area contributed by atoms with Gasteiger partial charge in [-0.25, -0.2) is 4.39 Å². The maximum absolute atomic E-state index is 14.2. The summed E-state index contributed by atoms with van der Waals surface area (Å²) in [6.07, 6.45) is 0. The Morgan fingerprint density at radius 3 is 2.47 bits per heavy atom. The summed E-state index contributed by atoms with van der Waals surface area (Å²) in [4.78, 5) is 0. The summed E-state index contributed by atoms with van der Waals surface area (Å²) in [5.41, 5.74) is 8.42. The van der Waals surface area contributed by atoms with Crippen LogP contribution < -0.4 is 5.73 Å². The molecule has 0 heterocycles. The van der Waals surface area contributed by atoms with Crippen molar-refractivity contribution in [2.45, 2.75) is 13.0 Å². The highest BCUT2D eigenvalue weighted by Gasteiger charge is 2.19. The van der Waals surface area contributed by atoms with Gasteiger partial charge in [0, 0.05) is 14.5 Å². The fourth-order valence-corrected chi connectivity index (χ4v) is 2.77. The molecular formula is C14H11Br2ClFN. The van der Waals surface area contributed by atoms with E-state index in [0.29, 0.717) is 10.0 Å². The van der Waals surface area contributed by atoms with Crippen molar-refractivity contribution < 1.29 is 4.39 Å². The number of hydrogen-bond acceptors (Lipinski definition) is 1. The number of rotatable bonds is 2. The molecule has 2 rings (SSSR count). The van der Waals surface area contributed by atoms with E-state index in [1.165, 1.54) is 0 Å². The molecule has 0 aliphatic rings. The molecule has 0 aliphatic carbocycles. The highest BCUT2D eigenvalue weighted by atomic mass is 79.9. The van der Waals surface area contributed by atoms with Gasteiger partial charge >= 0.3 is 0 Å². The topological polar surface area (TPSA) is 26.0 Å². The normalized spacial score (nSPS) is 12.5. The third-order valence-electron chi connectivity index (χ3n) is 3.04. The summed E-state index contributed by atoms with van der Waals surface area (Å²) < 4.78 is 15.6. The van der Waals surface area contributed by atoms with Crippen molar-refractivity contribution >= 4 is 43.5 Å². The van der Waals surface area contributed by atoms with Crippen LogP contribution in [0.5, 0.6) is 0 Å². The van der Waals surface area contributed by atoms with Crippen molar-refractivity contribution in [3.05, 3.63) is 66.8 Å². The molecule has 1 unspecified atom stereocenters. The lowest BCUT2D eigenvalue weighted by molar-refractivity contribution is 0.599. The van der Waals surface area contributed by atoms with Crippen LogP contribution in [-0.4, -0.2) is 0 Å². The van der Waals surface area contributed by atoms with Gasteiger partial charge in [0.1, 0.15) is 5.82 Å². The molecule has 0 saturated carbocycles. The molecule has 0 spiro atoms. The standard InChI is InChI=1S/C14H11Br2ClFN/c1-7-8(3-2-4-10(7)15)14(19)9-5-6-11(16)12(17)13(9)18/h2-6,14H,19H2,1H3. The Morgan fingerprint density at radius 2 is 1.79 bits per heavy atom. The summed E-state index contributed by atoms with van der Waals surface area (Å²) >= 11 is 12.5. The monoisotopic (exact) mass is 405 g/mol. The first-order valence-corrected chi connectivity index (χ1v) is 7.54. The molecule has 0 aliphatic heterocycles. The van der Waals surface area contributed by atoms with Crippen LogP contribution in [0.1, 0.15) is 22.7 Å². The zero-order valence-electron chi connectivity index (χ0n) is 10.1. The van der Waals surface area contributed by atoms with E-state index in [2.05, 4.69) is 31.9 Å². The van der Waals surface area contributed by atoms with Gasteiger partial charge in [-0.3, -0.25) is 0 Å². The Labute approximate surface area is 133 Å². The third kappa shape index (κ3) is 2.87. The molecule has 0 aromatic heterocycles. The van der Waals surface area contributed by atoms with Crippen molar-refractivity contribution in [2.75, 3.05) is 0 Å². The zero-order chi connectivity index (χ0) is 14.2. The fraction of sp³-hybridized carbons (Fsp3) is 0.143. The average Bonchev–Trinajstić information content (AvgIpc) is 2.39. The Hall–Kier alpha value is -0.420. The van der Waals surface area contributed by atoms with Crippen molar-refractivity contribution in [3.8, 4) is 0 Å². The SMILES string of the molecule is Cc1c(Br)cccc1C(N)c1ccc(Br)c(Cl)c1F. The second-order valence-electron chi connectivity index (χ2n) is 4.20. The zero-order valence-corrected chi connectivity index (χ0v) is 14.0. The molecular weight excluding hydrogens is 396 g/mol. The van der Waals surface area contributed by atoms with E-state index in [-0.39, 0.29) is 5.02 Å². The third-order valence-corrected chi connectivity index (χ3v) is 5.16. The van der Waals surface area contributed by atoms with Crippen molar-refractivity contribution in [1.29, 1.82) is 0 Å². The molecule has 0 amide bonds. The predicted molar refractivity (Wildman–Crippen MR) is 84.0 cm³/mol. The number of nitrogens with two attached hydrogens (primary N) is 1. The first kappa shape index (κ1) is 15.0. The maximum Gasteiger partial charge on any atom is 0.148 e. The Kier molecular flexibility index (Phi) is 4.66. The van der Waals surface area contributed by atoms with Crippen LogP contribution in [0.3, 0.4) is 0 Å². The molecule has 1 atom stereocenters. The van der Waals surface area contributed by atoms with E-state index in [1.54, 1.807) is 12.1 Å². The van der Waals surface area contributed by atoms with Gasteiger partial charge in [-0.1, -0.05) is 45.7 Å². The van der Waals surface area contributed by atoms with Crippen LogP contribution in [0.4, 0.5) is 4.39 Å². The van der Waals surface area contributed by atoms with Gasteiger partial charge in [0.25, 0.3) is 0 Å². The van der Waals surface area contributed by atoms with E-state index < -0.39 is 11.9 Å². The average molecular weight is 408 g/mol. The Bertz CT molecular complexity index is 631. The highest BCUT2D eigenvalue weighted by molar-refractivity contribution is 9.10. The van der Waals surface area contributed by atoms with Crippen LogP contribution in [0, 0.1) is 12.7 Å². The molecule has 100 valence electrons. The smallest absolute Gasteiger partial charge is 0.148 e. The lowest BCUT2D eigenvalue weighted by Gasteiger charge is -2.17. The minimum atomic E-state index is -0.553. The van der Waals surface area contributed by atoms with Crippen molar-refractivity contribution in [3.63, 3.8) is 0 Å². The predicted octanol–water partition coefficient (Wildman–Crippen LogP) is 5.36. The first-order chi connectivity index (χ1) is 8.93. The molecule has 0 radical (unpaired) electrons. The van der Waals surface area contributed by atoms with Crippen LogP contribution >= 0.6 is 43.5 Å². The molecule has 0 bridgehead atoms. The molecule has 5 heteroatoms. The summed E-state index contributed by atoms with van der Waals surface area (Å²) in [6, 6.07) is 8.49. The van der Waals surface area contributed by atoms with Gasteiger partial charge in [-0.15, -0.1) is 0 Å². The van der Waals surface area contributed by atoms with Crippen molar-refractivity contribution in [2.24, 2.45) is 5.73 Å². The van der Waals surface area contributed by atoms with Crippen LogP contribution in [0.15, 0.2) is 39.3 Å². The van der Waals surface area contributed by atoms with Gasteiger partial charge < -0.3 is 5.73 Å². The van der Waals surface area contributed by atoms with Crippen molar-refractivity contribution in [1.82, 2.24) is 0 Å². The summed E-state index contributed by atoms with van der Waals surface area (Å²) in [6.45, 7) is 1.94. The second-order valence-corrected chi connectivity index (χ2v) is 6.28. The van der Waals surface area contributed by atoms with Gasteiger partial charge in [0.15, 0.2) is 0 Å². The fourth-order valence-electron chi connectivity index (χ4n) is 1.91. The highest BCUT2D eigenvalue weighted by Crippen LogP contribution is 2.33. The molecule has 2 aromatic rings. The van der Waals surface area contributed by atoms with E-state index in [0.717, 1.165) is 15.6 Å². The van der Waals surface area contributed by atoms with Crippen LogP contribution in [0.25, 0.3) is 0 Å². The summed E-state index contributed by atoms with van der Waals surface area (Å²) in [5.74, 6) is -0.483. The summed E-state index contributed by atoms with van der Waals surface area (Å²) in [5, 5.41) is 0.0561. The Balaban J connectivity index is 2.53. The lowest BCUT2D eigenvalue weighted by Crippen LogP contribution is -2.15. The summed E-state index contributed by atoms with van der Waals surface area (Å²) in [7, 11) is 0. The molecule has 19 heavy (non-hydrogen) atoms. The second kappa shape index (κ2) is 5.92. The minimum Gasteiger partial charge on any atom is -0.320 e. The quantitative estimate of drug-likeness (QED) is 0.667. The number of halogens is 4. The number of benzene rings is 2. The van der Waals surface area contributed by atoms with Gasteiger partial charge in [0.2, 0.25) is 0 Å². The number of hydrogen-bond donors (Lipinski definition) is 1. The van der Waals surface area contributed by atoms with E-state index in [4.69, 9.17) is 17.3 Å². The minimum absolute atomic E-state index is 0.0561. The van der Waals surface area contributed by atoms with E-state index in [9.17, 15) is 4.39 Å². The molecule has 0 fully saturated rings. The molecule has 2 aromatic carbocycles. The van der Waals surface area contributed by atoms with Gasteiger partial charge in [-0.05, 0) is 46.1 Å². The van der Waals surface area contributed by atoms with Crippen LogP contribution in [0.2, 0.25) is 5.02 Å². The molecule has 0 saturated heterocycles. The Morgan fingerprint density at radius 1 is 1.11 bits per heavy atom. The lowest BCUT2D eigenvalue weighted by atomic mass is 9.95. The maximum atomic E-state index is 14.2. The van der Waals surface area contributed by atoms with Gasteiger partial charge in [0.05, 0.1) is 11.1 Å².